The van der Waals surface area contributed by atoms with Gasteiger partial charge in [0.05, 0.1) is 7.11 Å². The van der Waals surface area contributed by atoms with Crippen molar-refractivity contribution in [3.63, 3.8) is 0 Å². The van der Waals surface area contributed by atoms with Crippen molar-refractivity contribution in [2.24, 2.45) is 5.92 Å². The number of carbonyl (C=O) groups is 1. The number of rotatable bonds is 4. The minimum Gasteiger partial charge on any atom is -0.496 e. The van der Waals surface area contributed by atoms with Gasteiger partial charge in [0.2, 0.25) is 0 Å². The molecule has 0 bridgehead atoms. The number of nitrogens with zero attached hydrogens (tertiary/aromatic N) is 1. The zero-order chi connectivity index (χ0) is 14.8. The third-order valence-corrected chi connectivity index (χ3v) is 5.34. The van der Waals surface area contributed by atoms with Crippen LogP contribution >= 0.6 is 15.9 Å². The molecule has 1 aliphatic heterocycles. The maximum atomic E-state index is 12.1. The number of hydrogen-bond acceptors (Lipinski definition) is 3. The van der Waals surface area contributed by atoms with Crippen molar-refractivity contribution in [2.45, 2.75) is 44.7 Å². The fourth-order valence-electron chi connectivity index (χ4n) is 3.84. The monoisotopic (exact) mass is 351 g/mol. The SMILES string of the molecule is COc1ccc(Br)cc1CN1CCCC1C1CCCC1=O. The van der Waals surface area contributed by atoms with Gasteiger partial charge in [-0.05, 0) is 50.4 Å². The first-order valence-electron chi connectivity index (χ1n) is 7.78. The van der Waals surface area contributed by atoms with Crippen molar-refractivity contribution in [1.29, 1.82) is 0 Å². The number of ketones is 1. The first kappa shape index (κ1) is 15.0. The predicted octanol–water partition coefficient (Wildman–Crippen LogP) is 3.79. The van der Waals surface area contributed by atoms with Crippen molar-refractivity contribution >= 4 is 21.7 Å². The summed E-state index contributed by atoms with van der Waals surface area (Å²) < 4.78 is 6.55. The lowest BCUT2D eigenvalue weighted by Crippen LogP contribution is -2.37. The summed E-state index contributed by atoms with van der Waals surface area (Å²) >= 11 is 3.54. The second kappa shape index (κ2) is 6.49. The lowest BCUT2D eigenvalue weighted by molar-refractivity contribution is -0.122. The Kier molecular flexibility index (Phi) is 4.65. The van der Waals surface area contributed by atoms with E-state index < -0.39 is 0 Å². The molecule has 0 spiro atoms. The van der Waals surface area contributed by atoms with Gasteiger partial charge in [-0.2, -0.15) is 0 Å². The molecule has 0 radical (unpaired) electrons. The van der Waals surface area contributed by atoms with Crippen LogP contribution in [-0.4, -0.2) is 30.4 Å². The molecule has 1 heterocycles. The van der Waals surface area contributed by atoms with Crippen LogP contribution in [0.3, 0.4) is 0 Å². The van der Waals surface area contributed by atoms with Gasteiger partial charge in [0.1, 0.15) is 11.5 Å². The van der Waals surface area contributed by atoms with Crippen LogP contribution in [0.15, 0.2) is 22.7 Å². The average Bonchev–Trinajstić information content (AvgIpc) is 3.08. The standard InChI is InChI=1S/C17H22BrNO2/c1-21-17-8-7-13(18)10-12(17)11-19-9-3-5-15(19)14-4-2-6-16(14)20/h7-8,10,14-15H,2-6,9,11H2,1H3. The molecule has 21 heavy (non-hydrogen) atoms. The quantitative estimate of drug-likeness (QED) is 0.826. The summed E-state index contributed by atoms with van der Waals surface area (Å²) in [5, 5.41) is 0. The van der Waals surface area contributed by atoms with E-state index in [9.17, 15) is 4.79 Å². The molecule has 1 aromatic carbocycles. The van der Waals surface area contributed by atoms with Crippen molar-refractivity contribution in [3.8, 4) is 5.75 Å². The zero-order valence-corrected chi connectivity index (χ0v) is 14.1. The van der Waals surface area contributed by atoms with Crippen molar-refractivity contribution < 1.29 is 9.53 Å². The molecule has 2 unspecified atom stereocenters. The molecule has 114 valence electrons. The fourth-order valence-corrected chi connectivity index (χ4v) is 4.25. The van der Waals surface area contributed by atoms with E-state index in [0.29, 0.717) is 11.8 Å². The topological polar surface area (TPSA) is 29.5 Å². The second-order valence-electron chi connectivity index (χ2n) is 6.10. The molecule has 2 aliphatic rings. The number of Topliss-reactive ketones (excluding diaryl/α,β-unsaturated/α-hetero) is 1. The second-order valence-corrected chi connectivity index (χ2v) is 7.02. The third-order valence-electron chi connectivity index (χ3n) is 4.85. The molecule has 2 fully saturated rings. The Morgan fingerprint density at radius 2 is 2.19 bits per heavy atom. The van der Waals surface area contributed by atoms with Crippen LogP contribution < -0.4 is 4.74 Å². The maximum absolute atomic E-state index is 12.1. The zero-order valence-electron chi connectivity index (χ0n) is 12.5. The first-order chi connectivity index (χ1) is 10.2. The number of hydrogen-bond donors (Lipinski definition) is 0. The van der Waals surface area contributed by atoms with Crippen LogP contribution in [0.5, 0.6) is 5.75 Å². The first-order valence-corrected chi connectivity index (χ1v) is 8.57. The summed E-state index contributed by atoms with van der Waals surface area (Å²) in [7, 11) is 1.72. The lowest BCUT2D eigenvalue weighted by atomic mass is 9.95. The van der Waals surface area contributed by atoms with E-state index in [4.69, 9.17) is 4.74 Å². The summed E-state index contributed by atoms with van der Waals surface area (Å²) in [6.45, 7) is 1.96. The van der Waals surface area contributed by atoms with E-state index in [1.165, 1.54) is 12.0 Å². The molecule has 2 atom stereocenters. The molecule has 0 aromatic heterocycles. The van der Waals surface area contributed by atoms with E-state index in [-0.39, 0.29) is 5.92 Å². The largest absolute Gasteiger partial charge is 0.496 e. The van der Waals surface area contributed by atoms with Gasteiger partial charge in [0.25, 0.3) is 0 Å². The van der Waals surface area contributed by atoms with Crippen LogP contribution in [0.1, 0.15) is 37.7 Å². The minimum atomic E-state index is 0.269. The Hall–Kier alpha value is -0.870. The molecule has 3 nitrogen and oxygen atoms in total. The number of ether oxygens (including phenoxy) is 1. The van der Waals surface area contributed by atoms with Gasteiger partial charge in [-0.25, -0.2) is 0 Å². The molecule has 0 N–H and O–H groups in total. The molecule has 0 amide bonds. The summed E-state index contributed by atoms with van der Waals surface area (Å²) in [4.78, 5) is 14.6. The smallest absolute Gasteiger partial charge is 0.137 e. The number of halogens is 1. The molecule has 1 saturated carbocycles. The van der Waals surface area contributed by atoms with E-state index in [2.05, 4.69) is 26.9 Å². The molecule has 1 aliphatic carbocycles. The summed E-state index contributed by atoms with van der Waals surface area (Å²) in [6.07, 6.45) is 5.30. The molecule has 4 heteroatoms. The van der Waals surface area contributed by atoms with E-state index >= 15 is 0 Å². The Labute approximate surface area is 134 Å². The number of benzene rings is 1. The Balaban J connectivity index is 1.77. The van der Waals surface area contributed by atoms with E-state index in [1.54, 1.807) is 7.11 Å². The summed E-state index contributed by atoms with van der Waals surface area (Å²) in [5.74, 6) is 1.68. The van der Waals surface area contributed by atoms with Crippen LogP contribution in [0.25, 0.3) is 0 Å². The highest BCUT2D eigenvalue weighted by Gasteiger charge is 2.38. The summed E-state index contributed by atoms with van der Waals surface area (Å²) in [6, 6.07) is 6.57. The van der Waals surface area contributed by atoms with Gasteiger partial charge in [-0.1, -0.05) is 15.9 Å². The third kappa shape index (κ3) is 3.16. The van der Waals surface area contributed by atoms with Crippen molar-refractivity contribution in [3.05, 3.63) is 28.2 Å². The molecular formula is C17H22BrNO2. The van der Waals surface area contributed by atoms with Gasteiger partial charge in [-0.15, -0.1) is 0 Å². The highest BCUT2D eigenvalue weighted by atomic mass is 79.9. The van der Waals surface area contributed by atoms with Crippen molar-refractivity contribution in [2.75, 3.05) is 13.7 Å². The van der Waals surface area contributed by atoms with Gasteiger partial charge >= 0.3 is 0 Å². The van der Waals surface area contributed by atoms with Crippen LogP contribution in [0.4, 0.5) is 0 Å². The molecule has 1 aromatic rings. The van der Waals surface area contributed by atoms with E-state index in [0.717, 1.165) is 49.0 Å². The number of methoxy groups -OCH3 is 1. The Morgan fingerprint density at radius 1 is 1.33 bits per heavy atom. The fraction of sp³-hybridized carbons (Fsp3) is 0.588. The van der Waals surface area contributed by atoms with E-state index in [1.807, 2.05) is 12.1 Å². The van der Waals surface area contributed by atoms with Crippen LogP contribution in [0.2, 0.25) is 0 Å². The van der Waals surface area contributed by atoms with Crippen LogP contribution in [-0.2, 0) is 11.3 Å². The Bertz CT molecular complexity index is 532. The van der Waals surface area contributed by atoms with Gasteiger partial charge in [-0.3, -0.25) is 9.69 Å². The maximum Gasteiger partial charge on any atom is 0.137 e. The number of likely N-dealkylation sites (tertiary alicyclic amines) is 1. The van der Waals surface area contributed by atoms with Crippen LogP contribution in [0, 0.1) is 5.92 Å². The minimum absolute atomic E-state index is 0.269. The summed E-state index contributed by atoms with van der Waals surface area (Å²) in [5.41, 5.74) is 1.20. The average molecular weight is 352 g/mol. The highest BCUT2D eigenvalue weighted by Crippen LogP contribution is 2.35. The molecule has 1 saturated heterocycles. The van der Waals surface area contributed by atoms with Gasteiger partial charge < -0.3 is 4.74 Å². The van der Waals surface area contributed by atoms with Crippen molar-refractivity contribution in [1.82, 2.24) is 4.90 Å². The molecular weight excluding hydrogens is 330 g/mol. The molecule has 3 rings (SSSR count). The highest BCUT2D eigenvalue weighted by molar-refractivity contribution is 9.10. The number of carbonyl (C=O) groups excluding carboxylic acids is 1. The Morgan fingerprint density at radius 3 is 2.90 bits per heavy atom. The lowest BCUT2D eigenvalue weighted by Gasteiger charge is -2.29. The van der Waals surface area contributed by atoms with Gasteiger partial charge in [0, 0.05) is 35.0 Å². The predicted molar refractivity (Wildman–Crippen MR) is 86.5 cm³/mol. The normalized spacial score (nSPS) is 26.5. The van der Waals surface area contributed by atoms with Gasteiger partial charge in [0.15, 0.2) is 0 Å².